The zero-order valence-corrected chi connectivity index (χ0v) is 34.5. The molecule has 298 valence electrons. The SMILES string of the molecule is c1ccc(-n2c3ccccc3c3cc(-c4cccc(-c5ccc6oc7ccc8oc9ccc(-c%10ccc%11c(c%10)c%10ccccc%10n%11-c%10ccccc%10)cc9c8c7c6c5)c4)ccc32)cc1. The van der Waals surface area contributed by atoms with E-state index >= 15 is 0 Å². The number of furan rings is 2. The molecule has 0 aliphatic carbocycles. The number of benzene rings is 10. The molecule has 0 amide bonds. The highest BCUT2D eigenvalue weighted by molar-refractivity contribution is 6.26. The summed E-state index contributed by atoms with van der Waals surface area (Å²) >= 11 is 0. The predicted molar refractivity (Wildman–Crippen MR) is 266 cm³/mol. The summed E-state index contributed by atoms with van der Waals surface area (Å²) in [5.41, 5.74) is 17.4. The number of rotatable bonds is 5. The highest BCUT2D eigenvalue weighted by Crippen LogP contribution is 2.44. The lowest BCUT2D eigenvalue weighted by Crippen LogP contribution is -1.92. The predicted octanol–water partition coefficient (Wildman–Crippen LogP) is 16.7. The molecule has 0 spiro atoms. The van der Waals surface area contributed by atoms with Crippen LogP contribution in [0.4, 0.5) is 0 Å². The van der Waals surface area contributed by atoms with E-state index in [1.165, 1.54) is 54.7 Å². The van der Waals surface area contributed by atoms with E-state index in [1.807, 2.05) is 12.1 Å². The van der Waals surface area contributed by atoms with E-state index in [0.717, 1.165) is 77.5 Å². The van der Waals surface area contributed by atoms with Crippen molar-refractivity contribution in [2.24, 2.45) is 0 Å². The molecule has 0 unspecified atom stereocenters. The van der Waals surface area contributed by atoms with Crippen LogP contribution < -0.4 is 0 Å². The molecule has 0 aliphatic rings. The Labute approximate surface area is 367 Å². The molecule has 0 N–H and O–H groups in total. The molecule has 0 bridgehead atoms. The third-order valence-corrected chi connectivity index (χ3v) is 13.3. The summed E-state index contributed by atoms with van der Waals surface area (Å²) in [5, 5.41) is 9.24. The maximum Gasteiger partial charge on any atom is 0.136 e. The zero-order valence-electron chi connectivity index (χ0n) is 34.5. The van der Waals surface area contributed by atoms with Crippen LogP contribution in [0.25, 0.3) is 132 Å². The fraction of sp³-hybridized carbons (Fsp3) is 0. The summed E-state index contributed by atoms with van der Waals surface area (Å²) in [4.78, 5) is 0. The van der Waals surface area contributed by atoms with Gasteiger partial charge in [0.15, 0.2) is 0 Å². The molecule has 10 aromatic carbocycles. The third kappa shape index (κ3) is 5.17. The summed E-state index contributed by atoms with van der Waals surface area (Å²) in [6, 6.07) is 78.5. The molecule has 0 saturated carbocycles. The maximum absolute atomic E-state index is 6.57. The van der Waals surface area contributed by atoms with Crippen molar-refractivity contribution in [1.82, 2.24) is 9.13 Å². The van der Waals surface area contributed by atoms with Crippen LogP contribution in [0.3, 0.4) is 0 Å². The van der Waals surface area contributed by atoms with Gasteiger partial charge in [-0.2, -0.15) is 0 Å². The highest BCUT2D eigenvalue weighted by atomic mass is 16.3. The zero-order chi connectivity index (χ0) is 41.9. The summed E-state index contributed by atoms with van der Waals surface area (Å²) in [5.74, 6) is 0. The Hall–Kier alpha value is -8.60. The van der Waals surface area contributed by atoms with Crippen LogP contribution in [-0.2, 0) is 0 Å². The van der Waals surface area contributed by atoms with Gasteiger partial charge in [0.1, 0.15) is 22.3 Å². The molecule has 0 atom stereocenters. The number of aromatic nitrogens is 2. The second-order valence-corrected chi connectivity index (χ2v) is 16.9. The molecular weight excluding hydrogens is 781 g/mol. The fourth-order valence-electron chi connectivity index (χ4n) is 10.4. The van der Waals surface area contributed by atoms with Crippen molar-refractivity contribution in [3.63, 3.8) is 0 Å². The molecule has 14 aromatic rings. The minimum atomic E-state index is 0.847. The number of hydrogen-bond donors (Lipinski definition) is 0. The minimum Gasteiger partial charge on any atom is -0.456 e. The van der Waals surface area contributed by atoms with Crippen LogP contribution in [0.5, 0.6) is 0 Å². The van der Waals surface area contributed by atoms with Crippen LogP contribution >= 0.6 is 0 Å². The van der Waals surface area contributed by atoms with E-state index in [1.54, 1.807) is 0 Å². The van der Waals surface area contributed by atoms with Gasteiger partial charge < -0.3 is 18.0 Å². The van der Waals surface area contributed by atoms with Gasteiger partial charge >= 0.3 is 0 Å². The van der Waals surface area contributed by atoms with Crippen LogP contribution in [0, 0.1) is 0 Å². The molecule has 4 aromatic heterocycles. The lowest BCUT2D eigenvalue weighted by Gasteiger charge is -2.09. The van der Waals surface area contributed by atoms with E-state index in [0.29, 0.717) is 0 Å². The van der Waals surface area contributed by atoms with Crippen LogP contribution in [0.2, 0.25) is 0 Å². The van der Waals surface area contributed by atoms with Gasteiger partial charge in [-0.1, -0.05) is 115 Å². The summed E-state index contributed by atoms with van der Waals surface area (Å²) in [6.07, 6.45) is 0. The quantitative estimate of drug-likeness (QED) is 0.173. The highest BCUT2D eigenvalue weighted by Gasteiger charge is 2.20. The molecule has 64 heavy (non-hydrogen) atoms. The van der Waals surface area contributed by atoms with Crippen LogP contribution in [0.1, 0.15) is 0 Å². The van der Waals surface area contributed by atoms with Crippen molar-refractivity contribution < 1.29 is 8.83 Å². The Bertz CT molecular complexity index is 4180. The normalized spacial score (nSPS) is 12.1. The van der Waals surface area contributed by atoms with Crippen molar-refractivity contribution in [2.75, 3.05) is 0 Å². The molecule has 14 rings (SSSR count). The minimum absolute atomic E-state index is 0.847. The average molecular weight is 817 g/mol. The van der Waals surface area contributed by atoms with Crippen molar-refractivity contribution in [3.8, 4) is 44.8 Å². The van der Waals surface area contributed by atoms with Gasteiger partial charge in [-0.3, -0.25) is 0 Å². The summed E-state index contributed by atoms with van der Waals surface area (Å²) < 4.78 is 17.9. The molecule has 4 heteroatoms. The largest absolute Gasteiger partial charge is 0.456 e. The molecule has 0 radical (unpaired) electrons. The Morgan fingerprint density at radius 2 is 0.594 bits per heavy atom. The number of hydrogen-bond acceptors (Lipinski definition) is 2. The Morgan fingerprint density at radius 3 is 1.06 bits per heavy atom. The Morgan fingerprint density at radius 1 is 0.234 bits per heavy atom. The molecular formula is C60H36N2O2. The van der Waals surface area contributed by atoms with E-state index < -0.39 is 0 Å². The smallest absolute Gasteiger partial charge is 0.136 e. The molecule has 0 fully saturated rings. The Kier molecular flexibility index (Phi) is 7.36. The third-order valence-electron chi connectivity index (χ3n) is 13.3. The number of para-hydroxylation sites is 4. The average Bonchev–Trinajstić information content (AvgIpc) is 4.11. The second kappa shape index (κ2) is 13.4. The first kappa shape index (κ1) is 35.0. The summed E-state index contributed by atoms with van der Waals surface area (Å²) in [6.45, 7) is 0. The first-order valence-electron chi connectivity index (χ1n) is 21.8. The molecule has 4 heterocycles. The van der Waals surface area contributed by atoms with Crippen LogP contribution in [-0.4, -0.2) is 9.13 Å². The van der Waals surface area contributed by atoms with Crippen molar-refractivity contribution in [1.29, 1.82) is 0 Å². The fourth-order valence-corrected chi connectivity index (χ4v) is 10.4. The van der Waals surface area contributed by atoms with E-state index in [-0.39, 0.29) is 0 Å². The van der Waals surface area contributed by atoms with Crippen molar-refractivity contribution >= 4 is 87.5 Å². The van der Waals surface area contributed by atoms with Gasteiger partial charge in [0.2, 0.25) is 0 Å². The van der Waals surface area contributed by atoms with Crippen molar-refractivity contribution in [2.45, 2.75) is 0 Å². The number of fused-ring (bicyclic) bond motifs is 13. The molecule has 0 saturated heterocycles. The number of nitrogens with zero attached hydrogens (tertiary/aromatic N) is 2. The van der Waals surface area contributed by atoms with Crippen molar-refractivity contribution in [3.05, 3.63) is 218 Å². The first-order chi connectivity index (χ1) is 31.7. The molecule has 0 aliphatic heterocycles. The van der Waals surface area contributed by atoms with E-state index in [2.05, 4.69) is 215 Å². The maximum atomic E-state index is 6.57. The lowest BCUT2D eigenvalue weighted by atomic mass is 9.96. The standard InChI is InChI=1S/C60H36N2O2/c1-3-14-43(15-4-1)61-51-20-9-7-18-45(51)47-33-39(22-26-53(47)61)37-12-11-13-38(32-37)41-24-28-55-49(35-41)59-57(63-55)30-31-58-60(59)50-36-42(25-29-56(50)64-58)40-23-27-54-48(34-40)46-19-8-10-21-52(46)62(54)44-16-5-2-6-17-44/h1-36H. The van der Waals surface area contributed by atoms with Gasteiger partial charge in [0.05, 0.1) is 22.1 Å². The van der Waals surface area contributed by atoms with Gasteiger partial charge in [0, 0.05) is 54.5 Å². The van der Waals surface area contributed by atoms with Gasteiger partial charge in [-0.25, -0.2) is 0 Å². The lowest BCUT2D eigenvalue weighted by molar-refractivity contribution is 0.663. The van der Waals surface area contributed by atoms with E-state index in [4.69, 9.17) is 8.83 Å². The van der Waals surface area contributed by atoms with Gasteiger partial charge in [0.25, 0.3) is 0 Å². The summed E-state index contributed by atoms with van der Waals surface area (Å²) in [7, 11) is 0. The first-order valence-corrected chi connectivity index (χ1v) is 21.8. The monoisotopic (exact) mass is 816 g/mol. The topological polar surface area (TPSA) is 36.1 Å². The second-order valence-electron chi connectivity index (χ2n) is 16.9. The van der Waals surface area contributed by atoms with E-state index in [9.17, 15) is 0 Å². The van der Waals surface area contributed by atoms with Crippen LogP contribution in [0.15, 0.2) is 227 Å². The Balaban J connectivity index is 0.888. The molecule has 4 nitrogen and oxygen atoms in total. The van der Waals surface area contributed by atoms with Gasteiger partial charge in [-0.15, -0.1) is 0 Å². The van der Waals surface area contributed by atoms with Gasteiger partial charge in [-0.05, 0) is 137 Å².